The lowest BCUT2D eigenvalue weighted by Crippen LogP contribution is -2.35. The van der Waals surface area contributed by atoms with E-state index in [1.54, 1.807) is 6.92 Å². The average molecular weight is 444 g/mol. The predicted molar refractivity (Wildman–Crippen MR) is 111 cm³/mol. The molecule has 2 heterocycles. The second-order valence-electron chi connectivity index (χ2n) is 7.25. The number of rotatable bonds is 5. The summed E-state index contributed by atoms with van der Waals surface area (Å²) in [5.41, 5.74) is 0.517. The Labute approximate surface area is 178 Å². The number of aryl methyl sites for hydroxylation is 1. The third-order valence-electron chi connectivity index (χ3n) is 5.12. The minimum Gasteiger partial charge on any atom is -0.319 e. The van der Waals surface area contributed by atoms with E-state index in [-0.39, 0.29) is 16.1 Å². The van der Waals surface area contributed by atoms with Gasteiger partial charge in [0.15, 0.2) is 5.82 Å². The maximum absolute atomic E-state index is 14.3. The smallest absolute Gasteiger partial charge is 0.255 e. The number of benzene rings is 2. The summed E-state index contributed by atoms with van der Waals surface area (Å²) in [6.45, 7) is 2.62. The predicted octanol–water partition coefficient (Wildman–Crippen LogP) is 2.54. The number of piperidine rings is 1. The Bertz CT molecular complexity index is 1220. The Morgan fingerprint density at radius 1 is 1.10 bits per heavy atom. The Morgan fingerprint density at radius 2 is 1.87 bits per heavy atom. The molecule has 1 saturated heterocycles. The molecule has 3 aromatic rings. The number of anilines is 1. The summed E-state index contributed by atoms with van der Waals surface area (Å²) < 4.78 is 43.0. The van der Waals surface area contributed by atoms with Gasteiger partial charge in [0.25, 0.3) is 5.91 Å². The summed E-state index contributed by atoms with van der Waals surface area (Å²) in [4.78, 5) is 12.8. The summed E-state index contributed by atoms with van der Waals surface area (Å²) in [6.07, 6.45) is 2.63. The molecule has 1 amide bonds. The molecule has 9 nitrogen and oxygen atoms in total. The van der Waals surface area contributed by atoms with E-state index < -0.39 is 21.7 Å². The Hall–Kier alpha value is -3.18. The molecule has 1 N–H and O–H groups in total. The van der Waals surface area contributed by atoms with Gasteiger partial charge in [-0.1, -0.05) is 12.5 Å². The first-order chi connectivity index (χ1) is 14.9. The lowest BCUT2D eigenvalue weighted by Gasteiger charge is -2.26. The van der Waals surface area contributed by atoms with Crippen LogP contribution < -0.4 is 5.32 Å². The van der Waals surface area contributed by atoms with Gasteiger partial charge in [-0.2, -0.15) is 8.99 Å². The summed E-state index contributed by atoms with van der Waals surface area (Å²) in [6, 6.07) is 9.85. The highest BCUT2D eigenvalue weighted by Crippen LogP contribution is 2.23. The molecule has 31 heavy (non-hydrogen) atoms. The highest BCUT2D eigenvalue weighted by Gasteiger charge is 2.26. The zero-order valence-corrected chi connectivity index (χ0v) is 17.6. The van der Waals surface area contributed by atoms with Gasteiger partial charge in [-0.3, -0.25) is 4.79 Å². The van der Waals surface area contributed by atoms with E-state index in [1.165, 1.54) is 51.5 Å². The molecule has 0 unspecified atom stereocenters. The Kier molecular flexibility index (Phi) is 5.79. The van der Waals surface area contributed by atoms with Crippen molar-refractivity contribution >= 4 is 21.6 Å². The van der Waals surface area contributed by atoms with E-state index in [1.807, 2.05) is 0 Å². The summed E-state index contributed by atoms with van der Waals surface area (Å²) >= 11 is 0. The van der Waals surface area contributed by atoms with Crippen LogP contribution >= 0.6 is 0 Å². The quantitative estimate of drug-likeness (QED) is 0.648. The highest BCUT2D eigenvalue weighted by molar-refractivity contribution is 7.89. The third-order valence-corrected chi connectivity index (χ3v) is 7.01. The van der Waals surface area contributed by atoms with Crippen LogP contribution in [0.5, 0.6) is 0 Å². The third kappa shape index (κ3) is 4.32. The summed E-state index contributed by atoms with van der Waals surface area (Å²) in [5, 5.41) is 13.7. The van der Waals surface area contributed by atoms with Crippen LogP contribution in [-0.2, 0) is 10.0 Å². The first kappa shape index (κ1) is 21.1. The minimum atomic E-state index is -3.69. The number of nitrogens with zero attached hydrogens (tertiary/aromatic N) is 5. The molecule has 11 heteroatoms. The van der Waals surface area contributed by atoms with Crippen LogP contribution in [0.2, 0.25) is 0 Å². The van der Waals surface area contributed by atoms with Crippen molar-refractivity contribution in [2.75, 3.05) is 18.4 Å². The number of nitrogens with one attached hydrogen (secondary N) is 1. The van der Waals surface area contributed by atoms with E-state index >= 15 is 0 Å². The molecular formula is C20H21FN6O3S. The van der Waals surface area contributed by atoms with E-state index in [9.17, 15) is 17.6 Å². The molecule has 0 aliphatic carbocycles. The zero-order chi connectivity index (χ0) is 22.0. The number of aromatic nitrogens is 4. The average Bonchev–Trinajstić information content (AvgIpc) is 3.22. The van der Waals surface area contributed by atoms with E-state index in [4.69, 9.17) is 0 Å². The van der Waals surface area contributed by atoms with Crippen molar-refractivity contribution in [3.63, 3.8) is 0 Å². The van der Waals surface area contributed by atoms with E-state index in [0.717, 1.165) is 19.3 Å². The molecule has 162 valence electrons. The molecule has 0 radical (unpaired) electrons. The van der Waals surface area contributed by atoms with Crippen molar-refractivity contribution < 1.29 is 17.6 Å². The first-order valence-electron chi connectivity index (χ1n) is 9.83. The highest BCUT2D eigenvalue weighted by atomic mass is 32.2. The van der Waals surface area contributed by atoms with Gasteiger partial charge < -0.3 is 5.32 Å². The van der Waals surface area contributed by atoms with Crippen LogP contribution in [0, 0.1) is 12.7 Å². The van der Waals surface area contributed by atoms with Crippen LogP contribution in [0.25, 0.3) is 5.69 Å². The number of sulfonamides is 1. The number of amides is 1. The van der Waals surface area contributed by atoms with Gasteiger partial charge >= 0.3 is 0 Å². The van der Waals surface area contributed by atoms with Crippen molar-refractivity contribution in [3.05, 3.63) is 59.7 Å². The molecule has 0 saturated carbocycles. The van der Waals surface area contributed by atoms with Crippen LogP contribution in [-0.4, -0.2) is 51.9 Å². The topological polar surface area (TPSA) is 110 Å². The van der Waals surface area contributed by atoms with Crippen molar-refractivity contribution in [2.24, 2.45) is 0 Å². The Balaban J connectivity index is 1.59. The van der Waals surface area contributed by atoms with Crippen molar-refractivity contribution in [1.82, 2.24) is 24.5 Å². The number of tetrazole rings is 1. The van der Waals surface area contributed by atoms with Crippen molar-refractivity contribution in [3.8, 4) is 5.69 Å². The lowest BCUT2D eigenvalue weighted by molar-refractivity contribution is 0.102. The number of hydrogen-bond donors (Lipinski definition) is 1. The van der Waals surface area contributed by atoms with E-state index in [2.05, 4.69) is 20.8 Å². The summed E-state index contributed by atoms with van der Waals surface area (Å²) in [5.74, 6) is -0.764. The van der Waals surface area contributed by atoms with Gasteiger partial charge in [-0.05, 0) is 66.6 Å². The molecule has 0 spiro atoms. The SMILES string of the molecule is Cc1nnnn1-c1ccc(F)c(NC(=O)c2cccc(S(=O)(=O)N3CCCCC3)c2)c1. The molecular weight excluding hydrogens is 423 g/mol. The number of halogens is 1. The lowest BCUT2D eigenvalue weighted by atomic mass is 10.2. The fraction of sp³-hybridized carbons (Fsp3) is 0.300. The van der Waals surface area contributed by atoms with Crippen molar-refractivity contribution in [1.29, 1.82) is 0 Å². The zero-order valence-electron chi connectivity index (χ0n) is 16.8. The molecule has 2 aromatic carbocycles. The van der Waals surface area contributed by atoms with Crippen LogP contribution in [0.4, 0.5) is 10.1 Å². The van der Waals surface area contributed by atoms with Crippen LogP contribution in [0.1, 0.15) is 35.4 Å². The molecule has 4 rings (SSSR count). The second kappa shape index (κ2) is 8.52. The number of hydrogen-bond acceptors (Lipinski definition) is 6. The number of carbonyl (C=O) groups excluding carboxylic acids is 1. The maximum atomic E-state index is 14.3. The number of carbonyl (C=O) groups is 1. The molecule has 0 atom stereocenters. The van der Waals surface area contributed by atoms with Crippen LogP contribution in [0.15, 0.2) is 47.4 Å². The largest absolute Gasteiger partial charge is 0.319 e. The maximum Gasteiger partial charge on any atom is 0.255 e. The summed E-state index contributed by atoms with van der Waals surface area (Å²) in [7, 11) is -3.69. The van der Waals surface area contributed by atoms with Gasteiger partial charge in [0.05, 0.1) is 16.3 Å². The molecule has 1 aliphatic heterocycles. The standard InChI is InChI=1S/C20H21FN6O3S/c1-14-23-24-25-27(14)16-8-9-18(21)19(13-16)22-20(28)15-6-5-7-17(12-15)31(29,30)26-10-3-2-4-11-26/h5-9,12-13H,2-4,10-11H2,1H3,(H,22,28). The second-order valence-corrected chi connectivity index (χ2v) is 9.19. The molecule has 1 aliphatic rings. The van der Waals surface area contributed by atoms with Crippen molar-refractivity contribution in [2.45, 2.75) is 31.1 Å². The normalized spacial score (nSPS) is 15.0. The molecule has 1 aromatic heterocycles. The van der Waals surface area contributed by atoms with Gasteiger partial charge in [0.2, 0.25) is 10.0 Å². The van der Waals surface area contributed by atoms with Gasteiger partial charge in [-0.25, -0.2) is 12.8 Å². The molecule has 1 fully saturated rings. The van der Waals surface area contributed by atoms with Gasteiger partial charge in [0.1, 0.15) is 5.82 Å². The Morgan fingerprint density at radius 3 is 2.58 bits per heavy atom. The minimum absolute atomic E-state index is 0.0422. The monoisotopic (exact) mass is 444 g/mol. The molecule has 0 bridgehead atoms. The first-order valence-corrected chi connectivity index (χ1v) is 11.3. The van der Waals surface area contributed by atoms with Gasteiger partial charge in [-0.15, -0.1) is 5.10 Å². The van der Waals surface area contributed by atoms with Crippen LogP contribution in [0.3, 0.4) is 0 Å². The van der Waals surface area contributed by atoms with E-state index in [0.29, 0.717) is 24.6 Å². The fourth-order valence-corrected chi connectivity index (χ4v) is 5.02. The van der Waals surface area contributed by atoms with Gasteiger partial charge in [0, 0.05) is 18.7 Å². The fourth-order valence-electron chi connectivity index (χ4n) is 3.46.